The average molecular weight is 455 g/mol. The van der Waals surface area contributed by atoms with Crippen molar-refractivity contribution in [2.75, 3.05) is 32.6 Å². The molecule has 0 radical (unpaired) electrons. The smallest absolute Gasteiger partial charge is 0.337 e. The van der Waals surface area contributed by atoms with Gasteiger partial charge in [0.15, 0.2) is 5.17 Å². The fourth-order valence-corrected chi connectivity index (χ4v) is 4.17. The van der Waals surface area contributed by atoms with Crippen molar-refractivity contribution in [2.24, 2.45) is 4.99 Å². The van der Waals surface area contributed by atoms with Crippen LogP contribution in [0, 0.1) is 10.1 Å². The van der Waals surface area contributed by atoms with Crippen molar-refractivity contribution in [3.05, 3.63) is 68.6 Å². The van der Waals surface area contributed by atoms with Crippen LogP contribution in [0.1, 0.15) is 22.8 Å². The van der Waals surface area contributed by atoms with E-state index in [0.717, 1.165) is 0 Å². The number of hydrogen-bond donors (Lipinski definition) is 0. The molecule has 1 amide bonds. The van der Waals surface area contributed by atoms with Gasteiger partial charge in [0.1, 0.15) is 5.69 Å². The molecule has 166 valence electrons. The fourth-order valence-electron chi connectivity index (χ4n) is 3.11. The van der Waals surface area contributed by atoms with E-state index in [-0.39, 0.29) is 11.6 Å². The van der Waals surface area contributed by atoms with Crippen molar-refractivity contribution in [3.63, 3.8) is 0 Å². The summed E-state index contributed by atoms with van der Waals surface area (Å²) in [5.41, 5.74) is 1.85. The molecule has 0 bridgehead atoms. The van der Waals surface area contributed by atoms with Gasteiger partial charge in [-0.05, 0) is 54.6 Å². The van der Waals surface area contributed by atoms with Crippen LogP contribution in [-0.4, -0.2) is 54.6 Å². The second-order valence-corrected chi connectivity index (χ2v) is 8.01. The normalized spacial score (nSPS) is 16.0. The molecule has 0 N–H and O–H groups in total. The van der Waals surface area contributed by atoms with E-state index >= 15 is 0 Å². The lowest BCUT2D eigenvalue weighted by atomic mass is 10.1. The number of carbonyl (C=O) groups excluding carboxylic acids is 2. The maximum atomic E-state index is 12.9. The van der Waals surface area contributed by atoms with Crippen LogP contribution in [0.5, 0.6) is 0 Å². The Morgan fingerprint density at radius 1 is 1.28 bits per heavy atom. The van der Waals surface area contributed by atoms with Gasteiger partial charge in [-0.2, -0.15) is 0 Å². The highest BCUT2D eigenvalue weighted by Crippen LogP contribution is 2.35. The topological polar surface area (TPSA) is 105 Å². The number of esters is 1. The number of likely N-dealkylation sites (N-methyl/N-ethyl adjacent to an activating group) is 1. The third-order valence-electron chi connectivity index (χ3n) is 4.67. The number of hydrogen-bond acceptors (Lipinski definition) is 8. The van der Waals surface area contributed by atoms with Gasteiger partial charge in [-0.15, -0.1) is 0 Å². The summed E-state index contributed by atoms with van der Waals surface area (Å²) in [5.74, 6) is -0.711. The molecule has 0 unspecified atom stereocenters. The molecule has 0 atom stereocenters. The van der Waals surface area contributed by atoms with E-state index < -0.39 is 10.9 Å². The number of amides is 1. The summed E-state index contributed by atoms with van der Waals surface area (Å²) in [6, 6.07) is 11.4. The number of thioether (sulfide) groups is 1. The number of nitro groups is 1. The molecule has 0 aliphatic carbocycles. The van der Waals surface area contributed by atoms with Crippen molar-refractivity contribution in [1.29, 1.82) is 0 Å². The Bertz CT molecular complexity index is 1140. The summed E-state index contributed by atoms with van der Waals surface area (Å²) in [5, 5.41) is 11.9. The van der Waals surface area contributed by atoms with Gasteiger partial charge in [-0.25, -0.2) is 9.79 Å². The lowest BCUT2D eigenvalue weighted by molar-refractivity contribution is -0.384. The Morgan fingerprint density at radius 2 is 2.03 bits per heavy atom. The Kier molecular flexibility index (Phi) is 6.94. The standard InChI is InChI=1S/C22H22N4O5S/c1-5-25-20(27)19(12-14-9-10-17(24(2)3)18(11-14)26(29)30)32-22(25)23-16-8-6-7-15(13-16)21(28)31-4/h6-13H,5H2,1-4H3. The van der Waals surface area contributed by atoms with E-state index in [1.165, 1.54) is 29.8 Å². The predicted molar refractivity (Wildman–Crippen MR) is 125 cm³/mol. The molecule has 9 nitrogen and oxygen atoms in total. The van der Waals surface area contributed by atoms with Gasteiger partial charge in [0.2, 0.25) is 0 Å². The van der Waals surface area contributed by atoms with Crippen LogP contribution in [0.15, 0.2) is 52.4 Å². The van der Waals surface area contributed by atoms with E-state index in [1.807, 2.05) is 6.92 Å². The summed E-state index contributed by atoms with van der Waals surface area (Å²) in [6.07, 6.45) is 1.62. The molecule has 1 heterocycles. The first-order valence-electron chi connectivity index (χ1n) is 9.69. The molecule has 0 aromatic heterocycles. The highest BCUT2D eigenvalue weighted by Gasteiger charge is 2.32. The Labute approximate surface area is 189 Å². The van der Waals surface area contributed by atoms with E-state index in [4.69, 9.17) is 4.74 Å². The maximum absolute atomic E-state index is 12.9. The zero-order valence-electron chi connectivity index (χ0n) is 18.1. The summed E-state index contributed by atoms with van der Waals surface area (Å²) < 4.78 is 4.74. The quantitative estimate of drug-likeness (QED) is 0.280. The van der Waals surface area contributed by atoms with Crippen molar-refractivity contribution in [1.82, 2.24) is 4.90 Å². The van der Waals surface area contributed by atoms with E-state index in [9.17, 15) is 19.7 Å². The summed E-state index contributed by atoms with van der Waals surface area (Å²) in [6.45, 7) is 2.23. The van der Waals surface area contributed by atoms with Crippen LogP contribution in [0.3, 0.4) is 0 Å². The summed E-state index contributed by atoms with van der Waals surface area (Å²) in [7, 11) is 4.76. The van der Waals surface area contributed by atoms with Crippen LogP contribution in [0.25, 0.3) is 6.08 Å². The Hall–Kier alpha value is -3.66. The number of amidine groups is 1. The van der Waals surface area contributed by atoms with Gasteiger partial charge in [0.25, 0.3) is 11.6 Å². The summed E-state index contributed by atoms with van der Waals surface area (Å²) in [4.78, 5) is 43.8. The first-order valence-corrected chi connectivity index (χ1v) is 10.5. The van der Waals surface area contributed by atoms with Gasteiger partial charge in [-0.3, -0.25) is 19.8 Å². The number of carbonyl (C=O) groups is 2. The monoisotopic (exact) mass is 454 g/mol. The van der Waals surface area contributed by atoms with Gasteiger partial charge in [0, 0.05) is 26.7 Å². The molecule has 3 rings (SSSR count). The second-order valence-electron chi connectivity index (χ2n) is 7.00. The van der Waals surface area contributed by atoms with E-state index in [0.29, 0.717) is 39.1 Å². The average Bonchev–Trinajstić information content (AvgIpc) is 3.06. The third kappa shape index (κ3) is 4.80. The van der Waals surface area contributed by atoms with Gasteiger partial charge in [0.05, 0.1) is 28.2 Å². The van der Waals surface area contributed by atoms with Gasteiger partial charge in [-0.1, -0.05) is 12.1 Å². The molecule has 1 aliphatic heterocycles. The lowest BCUT2D eigenvalue weighted by Gasteiger charge is -2.13. The van der Waals surface area contributed by atoms with E-state index in [1.54, 1.807) is 61.5 Å². The largest absolute Gasteiger partial charge is 0.465 e. The zero-order valence-corrected chi connectivity index (χ0v) is 18.9. The molecular formula is C22H22N4O5S. The number of benzene rings is 2. The molecule has 2 aromatic rings. The Balaban J connectivity index is 1.96. The number of nitro benzene ring substituents is 1. The molecule has 1 fully saturated rings. The van der Waals surface area contributed by atoms with Crippen LogP contribution in [0.4, 0.5) is 17.1 Å². The molecule has 0 spiro atoms. The maximum Gasteiger partial charge on any atom is 0.337 e. The highest BCUT2D eigenvalue weighted by atomic mass is 32.2. The van der Waals surface area contributed by atoms with Crippen LogP contribution in [-0.2, 0) is 9.53 Å². The minimum absolute atomic E-state index is 0.0411. The molecule has 1 saturated heterocycles. The van der Waals surface area contributed by atoms with Crippen LogP contribution < -0.4 is 4.90 Å². The second kappa shape index (κ2) is 9.65. The number of ether oxygens (including phenoxy) is 1. The van der Waals surface area contributed by atoms with Crippen molar-refractivity contribution in [2.45, 2.75) is 6.92 Å². The fraction of sp³-hybridized carbons (Fsp3) is 0.227. The molecule has 2 aromatic carbocycles. The van der Waals surface area contributed by atoms with Crippen molar-refractivity contribution in [3.8, 4) is 0 Å². The molecule has 1 aliphatic rings. The lowest BCUT2D eigenvalue weighted by Crippen LogP contribution is -2.28. The van der Waals surface area contributed by atoms with Crippen molar-refractivity contribution < 1.29 is 19.2 Å². The molecule has 0 saturated carbocycles. The SMILES string of the molecule is CCN1C(=O)C(=Cc2ccc(N(C)C)c([N+](=O)[O-])c2)SC1=Nc1cccc(C(=O)OC)c1. The minimum atomic E-state index is -0.474. The van der Waals surface area contributed by atoms with Gasteiger partial charge < -0.3 is 9.64 Å². The highest BCUT2D eigenvalue weighted by molar-refractivity contribution is 8.18. The number of methoxy groups -OCH3 is 1. The first-order chi connectivity index (χ1) is 15.2. The number of rotatable bonds is 6. The van der Waals surface area contributed by atoms with E-state index in [2.05, 4.69) is 4.99 Å². The van der Waals surface area contributed by atoms with Crippen LogP contribution >= 0.6 is 11.8 Å². The molecule has 32 heavy (non-hydrogen) atoms. The number of nitrogens with zero attached hydrogens (tertiary/aromatic N) is 4. The van der Waals surface area contributed by atoms with Gasteiger partial charge >= 0.3 is 5.97 Å². The van der Waals surface area contributed by atoms with Crippen LogP contribution in [0.2, 0.25) is 0 Å². The minimum Gasteiger partial charge on any atom is -0.465 e. The number of anilines is 1. The Morgan fingerprint density at radius 3 is 2.66 bits per heavy atom. The predicted octanol–water partition coefficient (Wildman–Crippen LogP) is 4.07. The third-order valence-corrected chi connectivity index (χ3v) is 5.68. The first kappa shape index (κ1) is 23.0. The van der Waals surface area contributed by atoms with Crippen molar-refractivity contribution >= 4 is 51.9 Å². The summed E-state index contributed by atoms with van der Waals surface area (Å²) >= 11 is 1.18. The molecule has 10 heteroatoms. The molecular weight excluding hydrogens is 432 g/mol. The zero-order chi connectivity index (χ0) is 23.4. The number of aliphatic imine (C=N–C) groups is 1.